The lowest BCUT2D eigenvalue weighted by atomic mass is 10.1. The van der Waals surface area contributed by atoms with Crippen molar-refractivity contribution in [2.24, 2.45) is 0 Å². The number of carbonyl (C=O) groups is 1. The fraction of sp³-hybridized carbons (Fsp3) is 0.370. The zero-order valence-corrected chi connectivity index (χ0v) is 21.9. The lowest BCUT2D eigenvalue weighted by molar-refractivity contribution is 0.0674. The summed E-state index contributed by atoms with van der Waals surface area (Å²) >= 11 is 0. The molecule has 0 saturated carbocycles. The molecule has 5 rings (SSSR count). The first kappa shape index (κ1) is 25.3. The largest absolute Gasteiger partial charge is 0.336 e. The number of amides is 1. The van der Waals surface area contributed by atoms with Crippen LogP contribution in [0.5, 0.6) is 0 Å². The summed E-state index contributed by atoms with van der Waals surface area (Å²) in [6.07, 6.45) is 3.47. The number of hydrogen-bond acceptors (Lipinski definition) is 7. The predicted molar refractivity (Wildman–Crippen MR) is 143 cm³/mol. The van der Waals surface area contributed by atoms with Crippen LogP contribution in [0.4, 0.5) is 11.6 Å². The maximum absolute atomic E-state index is 12.9. The van der Waals surface area contributed by atoms with Gasteiger partial charge in [-0.05, 0) is 69.2 Å². The predicted octanol–water partition coefficient (Wildman–Crippen LogP) is 3.49. The molecule has 2 aromatic carbocycles. The number of anilines is 2. The van der Waals surface area contributed by atoms with Crippen molar-refractivity contribution >= 4 is 27.6 Å². The molecule has 0 bridgehead atoms. The number of nitrogens with one attached hydrogen (secondary N) is 2. The minimum absolute atomic E-state index is 0.0280. The second kappa shape index (κ2) is 10.6. The molecule has 3 aromatic rings. The molecule has 37 heavy (non-hydrogen) atoms. The number of piperazine rings is 1. The molecule has 2 aliphatic rings. The van der Waals surface area contributed by atoms with Crippen LogP contribution in [-0.4, -0.2) is 71.8 Å². The summed E-state index contributed by atoms with van der Waals surface area (Å²) in [7, 11) is -3.45. The average Bonchev–Trinajstić information content (AvgIpc) is 3.45. The highest BCUT2D eigenvalue weighted by molar-refractivity contribution is 7.89. The first-order chi connectivity index (χ1) is 17.8. The van der Waals surface area contributed by atoms with Crippen molar-refractivity contribution in [3.63, 3.8) is 0 Å². The van der Waals surface area contributed by atoms with Gasteiger partial charge in [0, 0.05) is 61.3 Å². The van der Waals surface area contributed by atoms with Gasteiger partial charge in [-0.2, -0.15) is 4.31 Å². The zero-order chi connectivity index (χ0) is 26.0. The SMILES string of the molecule is C[C@@H]1CN(C(=O)c2ccc(Nc3nccc(-c4ccc(S(=O)(=O)N5CCCC5)cc4)n3)cc2)C[C@H](C)N1. The molecule has 0 unspecified atom stereocenters. The second-order valence-electron chi connectivity index (χ2n) is 9.78. The Labute approximate surface area is 218 Å². The van der Waals surface area contributed by atoms with Crippen molar-refractivity contribution in [2.75, 3.05) is 31.5 Å². The summed E-state index contributed by atoms with van der Waals surface area (Å²) in [5, 5.41) is 6.63. The van der Waals surface area contributed by atoms with Crippen LogP contribution in [0.3, 0.4) is 0 Å². The third-order valence-electron chi connectivity index (χ3n) is 6.74. The van der Waals surface area contributed by atoms with E-state index in [1.807, 2.05) is 29.2 Å². The van der Waals surface area contributed by atoms with Gasteiger partial charge in [0.1, 0.15) is 0 Å². The third kappa shape index (κ3) is 5.66. The highest BCUT2D eigenvalue weighted by atomic mass is 32.2. The Kier molecular flexibility index (Phi) is 7.23. The van der Waals surface area contributed by atoms with Gasteiger partial charge in [0.15, 0.2) is 0 Å². The number of aromatic nitrogens is 2. The average molecular weight is 521 g/mol. The molecule has 194 valence electrons. The lowest BCUT2D eigenvalue weighted by Crippen LogP contribution is -2.55. The van der Waals surface area contributed by atoms with E-state index in [9.17, 15) is 13.2 Å². The van der Waals surface area contributed by atoms with Gasteiger partial charge in [-0.3, -0.25) is 4.79 Å². The number of rotatable bonds is 6. The molecule has 2 N–H and O–H groups in total. The molecule has 10 heteroatoms. The van der Waals surface area contributed by atoms with E-state index in [1.165, 1.54) is 0 Å². The molecule has 0 aliphatic carbocycles. The van der Waals surface area contributed by atoms with E-state index in [0.717, 1.165) is 24.1 Å². The fourth-order valence-corrected chi connectivity index (χ4v) is 6.47. The molecule has 0 spiro atoms. The Bertz CT molecular complexity index is 1350. The van der Waals surface area contributed by atoms with Crippen molar-refractivity contribution in [3.05, 3.63) is 66.4 Å². The smallest absolute Gasteiger partial charge is 0.253 e. The summed E-state index contributed by atoms with van der Waals surface area (Å²) in [6.45, 7) is 6.70. The van der Waals surface area contributed by atoms with Crippen molar-refractivity contribution in [1.82, 2.24) is 24.5 Å². The molecule has 2 atom stereocenters. The maximum atomic E-state index is 12.9. The fourth-order valence-electron chi connectivity index (χ4n) is 4.96. The van der Waals surface area contributed by atoms with Crippen LogP contribution in [0, 0.1) is 0 Å². The van der Waals surface area contributed by atoms with Gasteiger partial charge in [0.2, 0.25) is 16.0 Å². The van der Waals surface area contributed by atoms with Crippen LogP contribution in [0.25, 0.3) is 11.3 Å². The zero-order valence-electron chi connectivity index (χ0n) is 21.1. The molecule has 2 fully saturated rings. The van der Waals surface area contributed by atoms with E-state index >= 15 is 0 Å². The summed E-state index contributed by atoms with van der Waals surface area (Å²) in [6, 6.07) is 16.4. The van der Waals surface area contributed by atoms with Crippen molar-refractivity contribution < 1.29 is 13.2 Å². The quantitative estimate of drug-likeness (QED) is 0.512. The number of carbonyl (C=O) groups excluding carboxylic acids is 1. The topological polar surface area (TPSA) is 108 Å². The van der Waals surface area contributed by atoms with Crippen molar-refractivity contribution in [3.8, 4) is 11.3 Å². The normalized spacial score (nSPS) is 20.6. The molecular weight excluding hydrogens is 488 g/mol. The maximum Gasteiger partial charge on any atom is 0.253 e. The minimum atomic E-state index is -3.45. The van der Waals surface area contributed by atoms with Gasteiger partial charge >= 0.3 is 0 Å². The monoisotopic (exact) mass is 520 g/mol. The van der Waals surface area contributed by atoms with Gasteiger partial charge < -0.3 is 15.5 Å². The molecule has 0 radical (unpaired) electrons. The number of hydrogen-bond donors (Lipinski definition) is 2. The van der Waals surface area contributed by atoms with E-state index in [4.69, 9.17) is 0 Å². The number of sulfonamides is 1. The summed E-state index contributed by atoms with van der Waals surface area (Å²) in [4.78, 5) is 24.0. The highest BCUT2D eigenvalue weighted by Gasteiger charge is 2.27. The van der Waals surface area contributed by atoms with Crippen LogP contribution in [0.15, 0.2) is 65.7 Å². The van der Waals surface area contributed by atoms with Gasteiger partial charge in [-0.15, -0.1) is 0 Å². The van der Waals surface area contributed by atoms with E-state index in [-0.39, 0.29) is 18.0 Å². The first-order valence-electron chi connectivity index (χ1n) is 12.7. The number of benzene rings is 2. The summed E-state index contributed by atoms with van der Waals surface area (Å²) in [5.41, 5.74) is 2.89. The van der Waals surface area contributed by atoms with E-state index in [0.29, 0.717) is 48.3 Å². The third-order valence-corrected chi connectivity index (χ3v) is 8.65. The van der Waals surface area contributed by atoms with E-state index in [1.54, 1.807) is 40.8 Å². The molecular formula is C27H32N6O3S. The van der Waals surface area contributed by atoms with Gasteiger partial charge in [0.25, 0.3) is 5.91 Å². The lowest BCUT2D eigenvalue weighted by Gasteiger charge is -2.36. The summed E-state index contributed by atoms with van der Waals surface area (Å²) in [5.74, 6) is 0.440. The van der Waals surface area contributed by atoms with Crippen molar-refractivity contribution in [2.45, 2.75) is 43.7 Å². The number of nitrogens with zero attached hydrogens (tertiary/aromatic N) is 4. The van der Waals surface area contributed by atoms with Crippen LogP contribution in [-0.2, 0) is 10.0 Å². The van der Waals surface area contributed by atoms with Gasteiger partial charge in [0.05, 0.1) is 10.6 Å². The molecule has 9 nitrogen and oxygen atoms in total. The van der Waals surface area contributed by atoms with Crippen LogP contribution < -0.4 is 10.6 Å². The molecule has 2 aliphatic heterocycles. The van der Waals surface area contributed by atoms with Gasteiger partial charge in [-0.1, -0.05) is 12.1 Å². The molecule has 1 amide bonds. The molecule has 3 heterocycles. The van der Waals surface area contributed by atoms with Crippen LogP contribution in [0.2, 0.25) is 0 Å². The van der Waals surface area contributed by atoms with Gasteiger partial charge in [-0.25, -0.2) is 18.4 Å². The van der Waals surface area contributed by atoms with E-state index < -0.39 is 10.0 Å². The van der Waals surface area contributed by atoms with Crippen LogP contribution in [0.1, 0.15) is 37.0 Å². The van der Waals surface area contributed by atoms with E-state index in [2.05, 4.69) is 34.4 Å². The second-order valence-corrected chi connectivity index (χ2v) is 11.7. The Hall–Kier alpha value is -3.34. The van der Waals surface area contributed by atoms with Crippen molar-refractivity contribution in [1.29, 1.82) is 0 Å². The summed E-state index contributed by atoms with van der Waals surface area (Å²) < 4.78 is 27.1. The van der Waals surface area contributed by atoms with Crippen LogP contribution >= 0.6 is 0 Å². The minimum Gasteiger partial charge on any atom is -0.336 e. The Balaban J connectivity index is 1.26. The highest BCUT2D eigenvalue weighted by Crippen LogP contribution is 2.25. The first-order valence-corrected chi connectivity index (χ1v) is 14.1. The molecule has 2 saturated heterocycles. The Morgan fingerprint density at radius 3 is 2.24 bits per heavy atom. The molecule has 1 aromatic heterocycles. The Morgan fingerprint density at radius 2 is 1.59 bits per heavy atom. The Morgan fingerprint density at radius 1 is 0.946 bits per heavy atom. The standard InChI is InChI=1S/C27H32N6O3S/c1-19-17-32(18-20(2)29-19)26(34)22-5-9-23(10-6-22)30-27-28-14-13-25(31-27)21-7-11-24(12-8-21)37(35,36)33-15-3-4-16-33/h5-14,19-20,29H,3-4,15-18H2,1-2H3,(H,28,30,31)/t19-,20+.